The smallest absolute Gasteiger partial charge is 0.146 e. The predicted molar refractivity (Wildman–Crippen MR) is 81.7 cm³/mol. The van der Waals surface area contributed by atoms with Crippen LogP contribution in [0.2, 0.25) is 0 Å². The Morgan fingerprint density at radius 1 is 0.870 bits per heavy atom. The van der Waals surface area contributed by atoms with Crippen molar-refractivity contribution in [3.63, 3.8) is 0 Å². The summed E-state index contributed by atoms with van der Waals surface area (Å²) >= 11 is 0. The number of hydrogen-bond donors (Lipinski definition) is 4. The number of aromatic nitrogens is 2. The number of aromatic hydroxyl groups is 1. The first kappa shape index (κ1) is 17.1. The minimum Gasteiger partial charge on any atom is -0.506 e. The largest absolute Gasteiger partial charge is 0.506 e. The van der Waals surface area contributed by atoms with E-state index in [1.807, 2.05) is 0 Å². The monoisotopic (exact) mass is 320 g/mol. The van der Waals surface area contributed by atoms with Gasteiger partial charge in [-0.15, -0.1) is 0 Å². The second-order valence-corrected chi connectivity index (χ2v) is 5.14. The second kappa shape index (κ2) is 7.36. The van der Waals surface area contributed by atoms with Crippen LogP contribution in [0.3, 0.4) is 0 Å². The highest BCUT2D eigenvalue weighted by Gasteiger charge is 2.16. The van der Waals surface area contributed by atoms with Crippen LogP contribution in [-0.2, 0) is 26.4 Å². The zero-order chi connectivity index (χ0) is 17.0. The maximum Gasteiger partial charge on any atom is 0.146 e. The Morgan fingerprint density at radius 3 is 2.00 bits per heavy atom. The van der Waals surface area contributed by atoms with Gasteiger partial charge in [0, 0.05) is 34.6 Å². The molecular formula is C16H20N2O5. The molecule has 0 radical (unpaired) electrons. The number of pyridine rings is 2. The van der Waals surface area contributed by atoms with Gasteiger partial charge in [-0.1, -0.05) is 0 Å². The molecule has 0 fully saturated rings. The summed E-state index contributed by atoms with van der Waals surface area (Å²) in [5.41, 5.74) is 2.81. The van der Waals surface area contributed by atoms with Crippen LogP contribution in [-0.4, -0.2) is 30.4 Å². The lowest BCUT2D eigenvalue weighted by atomic mass is 10.1. The molecule has 0 saturated carbocycles. The molecule has 0 aliphatic carbocycles. The van der Waals surface area contributed by atoms with E-state index in [2.05, 4.69) is 9.97 Å². The Labute approximate surface area is 133 Å². The lowest BCUT2D eigenvalue weighted by Crippen LogP contribution is -2.08. The minimum absolute atomic E-state index is 0.0184. The average Bonchev–Trinajstić information content (AvgIpc) is 2.56. The van der Waals surface area contributed by atoms with Gasteiger partial charge in [-0.05, 0) is 13.8 Å². The van der Waals surface area contributed by atoms with Gasteiger partial charge in [0.15, 0.2) is 0 Å². The third kappa shape index (κ3) is 3.42. The highest BCUT2D eigenvalue weighted by atomic mass is 16.5. The van der Waals surface area contributed by atoms with Crippen LogP contribution in [0.25, 0.3) is 0 Å². The highest BCUT2D eigenvalue weighted by molar-refractivity contribution is 5.43. The van der Waals surface area contributed by atoms with E-state index in [-0.39, 0.29) is 32.2 Å². The molecule has 2 heterocycles. The molecule has 2 aromatic heterocycles. The SMILES string of the molecule is Cc1ncc(CO)c(COc2c(C)ncc(CO)c2CO)c1O. The van der Waals surface area contributed by atoms with Gasteiger partial charge in [0.1, 0.15) is 18.1 Å². The molecule has 2 aromatic rings. The number of aliphatic hydroxyl groups excluding tert-OH is 3. The Bertz CT molecular complexity index is 703. The summed E-state index contributed by atoms with van der Waals surface area (Å²) in [6, 6.07) is 0. The Hall–Kier alpha value is -2.22. The van der Waals surface area contributed by atoms with Gasteiger partial charge in [0.2, 0.25) is 0 Å². The molecule has 0 saturated heterocycles. The topological polar surface area (TPSA) is 116 Å². The Morgan fingerprint density at radius 2 is 1.43 bits per heavy atom. The summed E-state index contributed by atoms with van der Waals surface area (Å²) in [4.78, 5) is 8.13. The van der Waals surface area contributed by atoms with Crippen LogP contribution in [0, 0.1) is 13.8 Å². The van der Waals surface area contributed by atoms with Gasteiger partial charge >= 0.3 is 0 Å². The van der Waals surface area contributed by atoms with E-state index in [0.29, 0.717) is 39.4 Å². The molecule has 124 valence electrons. The maximum atomic E-state index is 10.1. The molecule has 23 heavy (non-hydrogen) atoms. The highest BCUT2D eigenvalue weighted by Crippen LogP contribution is 2.29. The van der Waals surface area contributed by atoms with Crippen molar-refractivity contribution in [3.05, 3.63) is 46.0 Å². The number of aliphatic hydroxyl groups is 3. The number of aryl methyl sites for hydroxylation is 2. The number of hydrogen-bond acceptors (Lipinski definition) is 7. The fraction of sp³-hybridized carbons (Fsp3) is 0.375. The summed E-state index contributed by atoms with van der Waals surface area (Å²) in [6.07, 6.45) is 2.97. The summed E-state index contributed by atoms with van der Waals surface area (Å²) < 4.78 is 5.73. The first-order valence-corrected chi connectivity index (χ1v) is 7.12. The van der Waals surface area contributed by atoms with E-state index in [9.17, 15) is 20.4 Å². The zero-order valence-corrected chi connectivity index (χ0v) is 13.1. The molecule has 2 rings (SSSR count). The molecular weight excluding hydrogens is 300 g/mol. The van der Waals surface area contributed by atoms with Crippen molar-refractivity contribution in [2.24, 2.45) is 0 Å². The Balaban J connectivity index is 2.37. The standard InChI is InChI=1S/C16H20N2O5/c1-9-15(22)14(12(6-20)4-17-9)8-23-16-10(2)18-3-11(5-19)13(16)7-21/h3-4,19-22H,5-8H2,1-2H3. The van der Waals surface area contributed by atoms with Gasteiger partial charge in [0.05, 0.1) is 31.2 Å². The molecule has 7 heteroatoms. The molecule has 0 spiro atoms. The number of rotatable bonds is 6. The van der Waals surface area contributed by atoms with Gasteiger partial charge in [-0.25, -0.2) is 0 Å². The van der Waals surface area contributed by atoms with Crippen LogP contribution < -0.4 is 4.74 Å². The van der Waals surface area contributed by atoms with Crippen LogP contribution in [0.15, 0.2) is 12.4 Å². The lowest BCUT2D eigenvalue weighted by Gasteiger charge is -2.17. The van der Waals surface area contributed by atoms with Crippen molar-refractivity contribution in [1.29, 1.82) is 0 Å². The van der Waals surface area contributed by atoms with Crippen molar-refractivity contribution >= 4 is 0 Å². The third-order valence-electron chi connectivity index (χ3n) is 3.69. The molecule has 0 aromatic carbocycles. The summed E-state index contributed by atoms with van der Waals surface area (Å²) in [5.74, 6) is 0.322. The van der Waals surface area contributed by atoms with Gasteiger partial charge in [0.25, 0.3) is 0 Å². The van der Waals surface area contributed by atoms with Gasteiger partial charge < -0.3 is 25.2 Å². The first-order chi connectivity index (χ1) is 11.0. The number of ether oxygens (including phenoxy) is 1. The van der Waals surface area contributed by atoms with Crippen molar-refractivity contribution < 1.29 is 25.2 Å². The van der Waals surface area contributed by atoms with Crippen LogP contribution in [0.1, 0.15) is 33.6 Å². The van der Waals surface area contributed by atoms with Crippen LogP contribution in [0.4, 0.5) is 0 Å². The van der Waals surface area contributed by atoms with Crippen LogP contribution in [0.5, 0.6) is 11.5 Å². The van der Waals surface area contributed by atoms with E-state index < -0.39 is 0 Å². The van der Waals surface area contributed by atoms with Crippen molar-refractivity contribution in [2.75, 3.05) is 0 Å². The first-order valence-electron chi connectivity index (χ1n) is 7.12. The van der Waals surface area contributed by atoms with Crippen molar-refractivity contribution in [2.45, 2.75) is 40.3 Å². The summed E-state index contributed by atoms with van der Waals surface area (Å²) in [6.45, 7) is 2.51. The summed E-state index contributed by atoms with van der Waals surface area (Å²) in [7, 11) is 0. The average molecular weight is 320 g/mol. The lowest BCUT2D eigenvalue weighted by molar-refractivity contribution is 0.238. The molecule has 0 aliphatic heterocycles. The molecule has 4 N–H and O–H groups in total. The summed E-state index contributed by atoms with van der Waals surface area (Å²) in [5, 5.41) is 38.4. The minimum atomic E-state index is -0.303. The predicted octanol–water partition coefficient (Wildman–Crippen LogP) is 0.855. The van der Waals surface area contributed by atoms with E-state index in [4.69, 9.17) is 4.74 Å². The normalized spacial score (nSPS) is 10.8. The van der Waals surface area contributed by atoms with E-state index in [0.717, 1.165) is 0 Å². The Kier molecular flexibility index (Phi) is 5.49. The van der Waals surface area contributed by atoms with Crippen molar-refractivity contribution in [3.8, 4) is 11.5 Å². The second-order valence-electron chi connectivity index (χ2n) is 5.14. The van der Waals surface area contributed by atoms with Crippen molar-refractivity contribution in [1.82, 2.24) is 9.97 Å². The maximum absolute atomic E-state index is 10.1. The molecule has 0 aliphatic rings. The van der Waals surface area contributed by atoms with Gasteiger partial charge in [-0.3, -0.25) is 9.97 Å². The van der Waals surface area contributed by atoms with E-state index in [1.54, 1.807) is 13.8 Å². The van der Waals surface area contributed by atoms with Gasteiger partial charge in [-0.2, -0.15) is 0 Å². The van der Waals surface area contributed by atoms with Crippen LogP contribution >= 0.6 is 0 Å². The molecule has 0 atom stereocenters. The quantitative estimate of drug-likeness (QED) is 0.623. The molecule has 7 nitrogen and oxygen atoms in total. The number of nitrogens with zero attached hydrogens (tertiary/aromatic N) is 2. The molecule has 0 unspecified atom stereocenters. The fourth-order valence-electron chi connectivity index (χ4n) is 2.30. The van der Waals surface area contributed by atoms with E-state index >= 15 is 0 Å². The molecule has 0 bridgehead atoms. The molecule has 0 amide bonds. The third-order valence-corrected chi connectivity index (χ3v) is 3.69. The van der Waals surface area contributed by atoms with E-state index in [1.165, 1.54) is 12.4 Å². The zero-order valence-electron chi connectivity index (χ0n) is 13.1. The fourth-order valence-corrected chi connectivity index (χ4v) is 2.30.